The van der Waals surface area contributed by atoms with Crippen molar-refractivity contribution in [3.63, 3.8) is 0 Å². The van der Waals surface area contributed by atoms with Crippen LogP contribution in [-0.2, 0) is 0 Å². The Balaban J connectivity index is 2.37. The number of nitrogens with zero attached hydrogens (tertiary/aromatic N) is 4. The number of benzene rings is 1. The van der Waals surface area contributed by atoms with Crippen molar-refractivity contribution in [1.82, 2.24) is 19.7 Å². The zero-order valence-electron chi connectivity index (χ0n) is 11.5. The minimum atomic E-state index is 0.558. The van der Waals surface area contributed by atoms with Gasteiger partial charge in [0, 0.05) is 12.4 Å². The first kappa shape index (κ1) is 12.9. The van der Waals surface area contributed by atoms with Crippen LogP contribution in [-0.4, -0.2) is 26.8 Å². The summed E-state index contributed by atoms with van der Waals surface area (Å²) in [5.74, 6) is 1.29. The third kappa shape index (κ3) is 1.91. The van der Waals surface area contributed by atoms with Crippen molar-refractivity contribution in [1.29, 1.82) is 0 Å². The number of aromatic nitrogens is 4. The molecule has 1 N–H and O–H groups in total. The summed E-state index contributed by atoms with van der Waals surface area (Å²) in [6, 6.07) is 7.84. The van der Waals surface area contributed by atoms with E-state index in [-0.39, 0.29) is 0 Å². The van der Waals surface area contributed by atoms with Gasteiger partial charge in [0.2, 0.25) is 5.95 Å². The molecular formula is C14H14ClN5. The van der Waals surface area contributed by atoms with E-state index in [0.29, 0.717) is 11.0 Å². The maximum absolute atomic E-state index is 6.23. The SMILES string of the molecule is CNc1nc(-n2nc(C)c(Cl)c2C)c2ccccc2n1. The molecule has 3 rings (SSSR count). The first-order chi connectivity index (χ1) is 9.61. The van der Waals surface area contributed by atoms with Crippen LogP contribution in [0, 0.1) is 13.8 Å². The van der Waals surface area contributed by atoms with E-state index < -0.39 is 0 Å². The topological polar surface area (TPSA) is 55.6 Å². The summed E-state index contributed by atoms with van der Waals surface area (Å²) >= 11 is 6.23. The van der Waals surface area contributed by atoms with E-state index in [1.807, 2.05) is 38.1 Å². The number of rotatable bonds is 2. The lowest BCUT2D eigenvalue weighted by Crippen LogP contribution is -2.07. The van der Waals surface area contributed by atoms with Crippen molar-refractivity contribution in [2.24, 2.45) is 0 Å². The van der Waals surface area contributed by atoms with Crippen LogP contribution in [0.25, 0.3) is 16.7 Å². The van der Waals surface area contributed by atoms with Gasteiger partial charge in [-0.3, -0.25) is 0 Å². The molecule has 5 nitrogen and oxygen atoms in total. The van der Waals surface area contributed by atoms with Crippen LogP contribution < -0.4 is 5.32 Å². The van der Waals surface area contributed by atoms with Crippen LogP contribution in [0.1, 0.15) is 11.4 Å². The number of para-hydroxylation sites is 1. The normalized spacial score (nSPS) is 11.0. The number of aryl methyl sites for hydroxylation is 1. The molecule has 0 amide bonds. The quantitative estimate of drug-likeness (QED) is 0.787. The number of hydrogen-bond acceptors (Lipinski definition) is 4. The van der Waals surface area contributed by atoms with Gasteiger partial charge in [0.25, 0.3) is 0 Å². The molecule has 0 radical (unpaired) electrons. The largest absolute Gasteiger partial charge is 0.357 e. The van der Waals surface area contributed by atoms with Crippen molar-refractivity contribution in [3.05, 3.63) is 40.7 Å². The van der Waals surface area contributed by atoms with Crippen molar-refractivity contribution in [2.45, 2.75) is 13.8 Å². The molecule has 20 heavy (non-hydrogen) atoms. The molecule has 0 spiro atoms. The monoisotopic (exact) mass is 287 g/mol. The van der Waals surface area contributed by atoms with Crippen molar-refractivity contribution in [2.75, 3.05) is 12.4 Å². The fourth-order valence-electron chi connectivity index (χ4n) is 2.16. The molecule has 0 saturated carbocycles. The Hall–Kier alpha value is -2.14. The Kier molecular flexibility index (Phi) is 3.06. The smallest absolute Gasteiger partial charge is 0.225 e. The summed E-state index contributed by atoms with van der Waals surface area (Å²) in [6.45, 7) is 3.81. The summed E-state index contributed by atoms with van der Waals surface area (Å²) in [4.78, 5) is 8.97. The average Bonchev–Trinajstić information content (AvgIpc) is 2.73. The lowest BCUT2D eigenvalue weighted by Gasteiger charge is -2.09. The first-order valence-corrected chi connectivity index (χ1v) is 6.66. The lowest BCUT2D eigenvalue weighted by atomic mass is 10.2. The van der Waals surface area contributed by atoms with E-state index in [1.165, 1.54) is 0 Å². The van der Waals surface area contributed by atoms with Crippen LogP contribution in [0.3, 0.4) is 0 Å². The standard InChI is InChI=1S/C14H14ClN5/c1-8-12(15)9(2)20(19-8)13-10-6-4-5-7-11(10)17-14(16-3)18-13/h4-7H,1-3H3,(H,16,17,18). The highest BCUT2D eigenvalue weighted by atomic mass is 35.5. The van der Waals surface area contributed by atoms with Crippen molar-refractivity contribution >= 4 is 28.5 Å². The summed E-state index contributed by atoms with van der Waals surface area (Å²) < 4.78 is 1.77. The van der Waals surface area contributed by atoms with E-state index in [4.69, 9.17) is 11.6 Å². The molecule has 1 aromatic carbocycles. The molecule has 102 valence electrons. The molecule has 2 aromatic heterocycles. The summed E-state index contributed by atoms with van der Waals surface area (Å²) in [7, 11) is 1.79. The Morgan fingerprint density at radius 2 is 1.90 bits per heavy atom. The van der Waals surface area contributed by atoms with E-state index >= 15 is 0 Å². The second-order valence-electron chi connectivity index (χ2n) is 4.53. The van der Waals surface area contributed by atoms with E-state index in [1.54, 1.807) is 11.7 Å². The van der Waals surface area contributed by atoms with Crippen molar-refractivity contribution < 1.29 is 0 Å². The highest BCUT2D eigenvalue weighted by molar-refractivity contribution is 6.31. The third-order valence-electron chi connectivity index (χ3n) is 3.21. The maximum Gasteiger partial charge on any atom is 0.225 e. The van der Waals surface area contributed by atoms with E-state index in [2.05, 4.69) is 20.4 Å². The van der Waals surface area contributed by atoms with Crippen LogP contribution in [0.2, 0.25) is 5.02 Å². The molecule has 0 aliphatic carbocycles. The zero-order valence-corrected chi connectivity index (χ0v) is 12.2. The molecule has 0 unspecified atom stereocenters. The van der Waals surface area contributed by atoms with Gasteiger partial charge in [-0.25, -0.2) is 9.67 Å². The molecule has 0 atom stereocenters. The minimum absolute atomic E-state index is 0.558. The van der Waals surface area contributed by atoms with Gasteiger partial charge >= 0.3 is 0 Å². The number of halogens is 1. The van der Waals surface area contributed by atoms with E-state index in [0.717, 1.165) is 28.1 Å². The third-order valence-corrected chi connectivity index (χ3v) is 3.76. The van der Waals surface area contributed by atoms with Crippen LogP contribution >= 0.6 is 11.6 Å². The molecule has 0 aliphatic rings. The lowest BCUT2D eigenvalue weighted by molar-refractivity contribution is 0.811. The number of hydrogen-bond donors (Lipinski definition) is 1. The highest BCUT2D eigenvalue weighted by Crippen LogP contribution is 2.26. The Morgan fingerprint density at radius 1 is 1.15 bits per heavy atom. The van der Waals surface area contributed by atoms with Gasteiger partial charge in [-0.1, -0.05) is 23.7 Å². The molecule has 0 bridgehead atoms. The molecule has 6 heteroatoms. The predicted molar refractivity (Wildman–Crippen MR) is 80.7 cm³/mol. The Bertz CT molecular complexity index is 794. The molecule has 2 heterocycles. The molecule has 3 aromatic rings. The average molecular weight is 288 g/mol. The van der Waals surface area contributed by atoms with Crippen LogP contribution in [0.5, 0.6) is 0 Å². The summed E-state index contributed by atoms with van der Waals surface area (Å²) in [5, 5.41) is 9.05. The van der Waals surface area contributed by atoms with E-state index in [9.17, 15) is 0 Å². The predicted octanol–water partition coefficient (Wildman–Crippen LogP) is 3.13. The van der Waals surface area contributed by atoms with Gasteiger partial charge in [0.05, 0.1) is 21.9 Å². The second-order valence-corrected chi connectivity index (χ2v) is 4.91. The fraction of sp³-hybridized carbons (Fsp3) is 0.214. The molecule has 0 aliphatic heterocycles. The summed E-state index contributed by atoms with van der Waals surface area (Å²) in [5.41, 5.74) is 2.53. The molecule has 0 fully saturated rings. The van der Waals surface area contributed by atoms with Gasteiger partial charge in [0.15, 0.2) is 5.82 Å². The maximum atomic E-state index is 6.23. The van der Waals surface area contributed by atoms with Gasteiger partial charge in [-0.05, 0) is 26.0 Å². The van der Waals surface area contributed by atoms with Gasteiger partial charge in [0.1, 0.15) is 0 Å². The van der Waals surface area contributed by atoms with Gasteiger partial charge < -0.3 is 5.32 Å². The summed E-state index contributed by atoms with van der Waals surface area (Å²) in [6.07, 6.45) is 0. The second kappa shape index (κ2) is 4.76. The minimum Gasteiger partial charge on any atom is -0.357 e. The molecular weight excluding hydrogens is 274 g/mol. The molecule has 0 saturated heterocycles. The number of nitrogens with one attached hydrogen (secondary N) is 1. The number of fused-ring (bicyclic) bond motifs is 1. The highest BCUT2D eigenvalue weighted by Gasteiger charge is 2.15. The zero-order chi connectivity index (χ0) is 14.3. The Labute approximate surface area is 121 Å². The van der Waals surface area contributed by atoms with Crippen LogP contribution in [0.4, 0.5) is 5.95 Å². The van der Waals surface area contributed by atoms with Gasteiger partial charge in [-0.15, -0.1) is 0 Å². The fourth-order valence-corrected chi connectivity index (χ4v) is 2.28. The number of anilines is 1. The van der Waals surface area contributed by atoms with Gasteiger partial charge in [-0.2, -0.15) is 10.1 Å². The Morgan fingerprint density at radius 3 is 2.55 bits per heavy atom. The van der Waals surface area contributed by atoms with Crippen molar-refractivity contribution in [3.8, 4) is 5.82 Å². The van der Waals surface area contributed by atoms with Crippen LogP contribution in [0.15, 0.2) is 24.3 Å². The first-order valence-electron chi connectivity index (χ1n) is 6.28.